The highest BCUT2D eigenvalue weighted by Gasteiger charge is 2.72. The molecule has 3 aliphatic rings. The molecule has 1 aromatic rings. The number of carbonyl (C=O) groups excluding carboxylic acids is 4. The van der Waals surface area contributed by atoms with Crippen molar-refractivity contribution in [2.24, 2.45) is 17.6 Å². The fourth-order valence-corrected chi connectivity index (χ4v) is 7.35. The Morgan fingerprint density at radius 2 is 1.69 bits per heavy atom. The molecule has 4 rings (SSSR count). The van der Waals surface area contributed by atoms with E-state index in [1.165, 1.54) is 5.57 Å². The van der Waals surface area contributed by atoms with Gasteiger partial charge in [-0.25, -0.2) is 9.59 Å². The van der Waals surface area contributed by atoms with E-state index in [2.05, 4.69) is 48.1 Å². The minimum Gasteiger partial charge on any atom is -0.447 e. The number of nitrogens with one attached hydrogen (secondary N) is 4. The number of alkyl carbamates (subject to hydrolysis) is 2. The SMILES string of the molecule is COC1C(OC(=O)N[C@@H](COC(=O)NCCCCCCNC(=O)CNC(=O)[C@@H](N)Cc2ccccc2)C(C)C)CC[C@]2(CO2)C1C1(C)O[C@@H]1CC=C(C)C. The van der Waals surface area contributed by atoms with Crippen molar-refractivity contribution in [2.75, 3.05) is 40.0 Å². The summed E-state index contributed by atoms with van der Waals surface area (Å²) in [5.41, 5.74) is 7.41. The van der Waals surface area contributed by atoms with Crippen LogP contribution in [0.5, 0.6) is 0 Å². The zero-order chi connectivity index (χ0) is 39.3. The summed E-state index contributed by atoms with van der Waals surface area (Å²) >= 11 is 0. The molecule has 1 aromatic carbocycles. The molecule has 14 heteroatoms. The minimum atomic E-state index is -0.725. The van der Waals surface area contributed by atoms with E-state index >= 15 is 0 Å². The lowest BCUT2D eigenvalue weighted by atomic mass is 9.68. The molecule has 3 fully saturated rings. The summed E-state index contributed by atoms with van der Waals surface area (Å²) in [4.78, 5) is 49.9. The van der Waals surface area contributed by atoms with E-state index in [1.807, 2.05) is 44.2 Å². The first-order chi connectivity index (χ1) is 25.8. The van der Waals surface area contributed by atoms with Gasteiger partial charge in [-0.1, -0.05) is 68.7 Å². The summed E-state index contributed by atoms with van der Waals surface area (Å²) in [6.07, 6.45) is 6.03. The zero-order valence-corrected chi connectivity index (χ0v) is 32.9. The number of hydrogen-bond acceptors (Lipinski definition) is 10. The average Bonchev–Trinajstić information content (AvgIpc) is 4.06. The molecule has 1 saturated carbocycles. The van der Waals surface area contributed by atoms with E-state index in [0.717, 1.165) is 44.1 Å². The zero-order valence-electron chi connectivity index (χ0n) is 32.9. The molecule has 0 radical (unpaired) electrons. The van der Waals surface area contributed by atoms with Crippen LogP contribution in [0.1, 0.15) is 85.1 Å². The van der Waals surface area contributed by atoms with Crippen molar-refractivity contribution >= 4 is 24.0 Å². The molecule has 8 atom stereocenters. The Balaban J connectivity index is 1.07. The van der Waals surface area contributed by atoms with Crippen LogP contribution in [-0.4, -0.2) is 106 Å². The Labute approximate surface area is 320 Å². The fourth-order valence-electron chi connectivity index (χ4n) is 7.35. The Hall–Kier alpha value is -3.72. The lowest BCUT2D eigenvalue weighted by molar-refractivity contribution is -0.126. The smallest absolute Gasteiger partial charge is 0.407 e. The summed E-state index contributed by atoms with van der Waals surface area (Å²) in [7, 11) is 1.64. The monoisotopic (exact) mass is 757 g/mol. The number of allylic oxidation sites excluding steroid dienone is 1. The van der Waals surface area contributed by atoms with Gasteiger partial charge in [0.1, 0.15) is 30.0 Å². The van der Waals surface area contributed by atoms with Gasteiger partial charge in [-0.05, 0) is 70.8 Å². The lowest BCUT2D eigenvalue weighted by Gasteiger charge is -2.42. The third-order valence-corrected chi connectivity index (χ3v) is 10.8. The number of unbranched alkanes of at least 4 members (excludes halogenated alkanes) is 3. The molecule has 1 aliphatic carbocycles. The maximum atomic E-state index is 13.2. The van der Waals surface area contributed by atoms with Gasteiger partial charge in [0.25, 0.3) is 0 Å². The number of ether oxygens (including phenoxy) is 5. The van der Waals surface area contributed by atoms with Crippen molar-refractivity contribution in [3.8, 4) is 0 Å². The minimum absolute atomic E-state index is 0.00633. The molecule has 2 saturated heterocycles. The molecule has 54 heavy (non-hydrogen) atoms. The van der Waals surface area contributed by atoms with Crippen molar-refractivity contribution in [3.63, 3.8) is 0 Å². The largest absolute Gasteiger partial charge is 0.447 e. The van der Waals surface area contributed by atoms with Crippen molar-refractivity contribution in [3.05, 3.63) is 47.5 Å². The fraction of sp³-hybridized carbons (Fsp3) is 0.700. The molecule has 4 amide bonds. The topological polar surface area (TPSA) is 195 Å². The second kappa shape index (κ2) is 20.3. The van der Waals surface area contributed by atoms with Gasteiger partial charge in [0.05, 0.1) is 37.3 Å². The van der Waals surface area contributed by atoms with Crippen LogP contribution >= 0.6 is 0 Å². The first kappa shape index (κ1) is 43.0. The number of nitrogens with two attached hydrogens (primary N) is 1. The van der Waals surface area contributed by atoms with Crippen LogP contribution in [0, 0.1) is 11.8 Å². The third-order valence-electron chi connectivity index (χ3n) is 10.8. The van der Waals surface area contributed by atoms with Crippen LogP contribution in [0.25, 0.3) is 0 Å². The summed E-state index contributed by atoms with van der Waals surface area (Å²) in [6.45, 7) is 11.6. The first-order valence-corrected chi connectivity index (χ1v) is 19.5. The van der Waals surface area contributed by atoms with Gasteiger partial charge >= 0.3 is 12.2 Å². The van der Waals surface area contributed by atoms with E-state index in [4.69, 9.17) is 29.4 Å². The molecule has 1 spiro atoms. The molecule has 14 nitrogen and oxygen atoms in total. The molecule has 6 N–H and O–H groups in total. The van der Waals surface area contributed by atoms with Crippen molar-refractivity contribution in [1.82, 2.24) is 21.3 Å². The summed E-state index contributed by atoms with van der Waals surface area (Å²) in [6, 6.07) is 8.30. The number of epoxide rings is 2. The first-order valence-electron chi connectivity index (χ1n) is 19.5. The second-order valence-electron chi connectivity index (χ2n) is 15.6. The molecule has 4 unspecified atom stereocenters. The standard InChI is InChI=1S/C40H63N5O9/c1-26(2)16-17-32-39(5,54-32)35-34(50-6)31(18-19-40(35)25-52-40)53-38(49)45-30(27(3)4)24-51-37(48)43-21-13-8-7-12-20-42-33(46)23-44-36(47)29(41)22-28-14-10-9-11-15-28/h9-11,14-16,27,29-32,34-35H,7-8,12-13,17-25,41H2,1-6H3,(H,42,46)(H,43,48)(H,44,47)(H,45,49)/t29-,30-,31?,32+,34?,35?,39?,40-/m0/s1. The molecular weight excluding hydrogens is 694 g/mol. The van der Waals surface area contributed by atoms with Crippen LogP contribution in [0.4, 0.5) is 9.59 Å². The molecular formula is C40H63N5O9. The summed E-state index contributed by atoms with van der Waals surface area (Å²) < 4.78 is 29.7. The Morgan fingerprint density at radius 1 is 1.00 bits per heavy atom. The van der Waals surface area contributed by atoms with Crippen LogP contribution in [0.2, 0.25) is 0 Å². The van der Waals surface area contributed by atoms with Crippen molar-refractivity contribution < 1.29 is 42.9 Å². The Kier molecular flexibility index (Phi) is 16.1. The summed E-state index contributed by atoms with van der Waals surface area (Å²) in [5.74, 6) is -0.734. The third kappa shape index (κ3) is 12.7. The van der Waals surface area contributed by atoms with E-state index in [1.54, 1.807) is 7.11 Å². The molecule has 2 heterocycles. The maximum absolute atomic E-state index is 13.2. The van der Waals surface area contributed by atoms with Gasteiger partial charge in [-0.3, -0.25) is 9.59 Å². The predicted octanol–water partition coefficient (Wildman–Crippen LogP) is 3.90. The highest BCUT2D eigenvalue weighted by Crippen LogP contribution is 2.59. The quantitative estimate of drug-likeness (QED) is 0.0698. The Bertz CT molecular complexity index is 1420. The number of methoxy groups -OCH3 is 1. The normalized spacial score (nSPS) is 26.6. The molecule has 2 aliphatic heterocycles. The number of carbonyl (C=O) groups is 4. The highest BCUT2D eigenvalue weighted by molar-refractivity contribution is 5.87. The van der Waals surface area contributed by atoms with Gasteiger partial charge in [-0.15, -0.1) is 0 Å². The van der Waals surface area contributed by atoms with Crippen LogP contribution in [0.3, 0.4) is 0 Å². The van der Waals surface area contributed by atoms with Gasteiger partial charge in [0.2, 0.25) is 11.8 Å². The van der Waals surface area contributed by atoms with E-state index in [9.17, 15) is 19.2 Å². The summed E-state index contributed by atoms with van der Waals surface area (Å²) in [5, 5.41) is 11.0. The van der Waals surface area contributed by atoms with E-state index in [0.29, 0.717) is 32.5 Å². The number of rotatable bonds is 21. The molecule has 0 aromatic heterocycles. The predicted molar refractivity (Wildman–Crippen MR) is 204 cm³/mol. The second-order valence-corrected chi connectivity index (χ2v) is 15.6. The van der Waals surface area contributed by atoms with Crippen LogP contribution in [-0.2, 0) is 39.7 Å². The molecule has 302 valence electrons. The van der Waals surface area contributed by atoms with Gasteiger partial charge in [0.15, 0.2) is 0 Å². The van der Waals surface area contributed by atoms with Crippen LogP contribution in [0.15, 0.2) is 42.0 Å². The average molecular weight is 758 g/mol. The van der Waals surface area contributed by atoms with Crippen molar-refractivity contribution in [2.45, 2.75) is 128 Å². The molecule has 0 bridgehead atoms. The number of amides is 4. The van der Waals surface area contributed by atoms with Crippen LogP contribution < -0.4 is 27.0 Å². The van der Waals surface area contributed by atoms with Crippen molar-refractivity contribution in [1.29, 1.82) is 0 Å². The Morgan fingerprint density at radius 3 is 2.31 bits per heavy atom. The highest BCUT2D eigenvalue weighted by atomic mass is 16.6. The van der Waals surface area contributed by atoms with Gasteiger partial charge in [0, 0.05) is 20.2 Å². The van der Waals surface area contributed by atoms with Gasteiger partial charge in [-0.2, -0.15) is 0 Å². The maximum Gasteiger partial charge on any atom is 0.407 e. The lowest BCUT2D eigenvalue weighted by Crippen LogP contribution is -2.56. The number of hydrogen-bond donors (Lipinski definition) is 5. The van der Waals surface area contributed by atoms with E-state index < -0.39 is 36.0 Å². The van der Waals surface area contributed by atoms with E-state index in [-0.39, 0.29) is 54.6 Å². The van der Waals surface area contributed by atoms with Gasteiger partial charge < -0.3 is 50.7 Å². The number of benzene rings is 1.